The van der Waals surface area contributed by atoms with Crippen LogP contribution in [-0.4, -0.2) is 43.0 Å². The first-order valence-corrected chi connectivity index (χ1v) is 8.12. The summed E-state index contributed by atoms with van der Waals surface area (Å²) < 4.78 is 16.5. The average molecular weight is 372 g/mol. The van der Waals surface area contributed by atoms with Crippen LogP contribution in [0.15, 0.2) is 22.7 Å². The van der Waals surface area contributed by atoms with Crippen LogP contribution in [0.5, 0.6) is 5.75 Å². The summed E-state index contributed by atoms with van der Waals surface area (Å²) in [5.41, 5.74) is 0.512. The van der Waals surface area contributed by atoms with Crippen molar-refractivity contribution in [2.45, 2.75) is 32.9 Å². The van der Waals surface area contributed by atoms with Gasteiger partial charge in [0.15, 0.2) is 0 Å². The lowest BCUT2D eigenvalue weighted by Gasteiger charge is -2.26. The number of carbonyl (C=O) groups is 1. The van der Waals surface area contributed by atoms with E-state index in [1.165, 1.54) is 0 Å². The fourth-order valence-electron chi connectivity index (χ4n) is 2.10. The number of carbonyl (C=O) groups excluding carboxylic acids is 1. The molecule has 1 heterocycles. The molecular weight excluding hydrogens is 350 g/mol. The van der Waals surface area contributed by atoms with Gasteiger partial charge < -0.3 is 14.2 Å². The monoisotopic (exact) mass is 371 g/mol. The number of morpholine rings is 1. The molecule has 0 amide bonds. The molecule has 122 valence electrons. The minimum atomic E-state index is -0.697. The van der Waals surface area contributed by atoms with Gasteiger partial charge in [-0.05, 0) is 54.4 Å². The van der Waals surface area contributed by atoms with Crippen LogP contribution in [0, 0.1) is 0 Å². The second kappa shape index (κ2) is 7.44. The van der Waals surface area contributed by atoms with Gasteiger partial charge in [-0.3, -0.25) is 4.90 Å². The smallest absolute Gasteiger partial charge is 0.428 e. The van der Waals surface area contributed by atoms with Crippen molar-refractivity contribution in [2.24, 2.45) is 0 Å². The standard InChI is InChI=1S/C16H22BrNO4/c1-16(2,3)22-15(19)21-14-10-12(4-5-13(14)17)11-18-6-8-20-9-7-18/h4-5,10H,6-9,11H2,1-3H3. The number of benzene rings is 1. The van der Waals surface area contributed by atoms with Crippen LogP contribution in [-0.2, 0) is 16.0 Å². The van der Waals surface area contributed by atoms with E-state index in [1.807, 2.05) is 18.2 Å². The van der Waals surface area contributed by atoms with Crippen molar-refractivity contribution in [3.8, 4) is 5.75 Å². The third kappa shape index (κ3) is 5.59. The first kappa shape index (κ1) is 17.2. The zero-order chi connectivity index (χ0) is 16.2. The molecule has 6 heteroatoms. The molecule has 1 aliphatic heterocycles. The van der Waals surface area contributed by atoms with Gasteiger partial charge in [-0.15, -0.1) is 0 Å². The molecule has 0 radical (unpaired) electrons. The minimum absolute atomic E-state index is 0.472. The molecule has 1 fully saturated rings. The normalized spacial score (nSPS) is 16.4. The molecule has 1 aliphatic rings. The fraction of sp³-hybridized carbons (Fsp3) is 0.562. The molecule has 22 heavy (non-hydrogen) atoms. The molecule has 0 unspecified atom stereocenters. The van der Waals surface area contributed by atoms with Gasteiger partial charge in [0.1, 0.15) is 11.4 Å². The number of ether oxygens (including phenoxy) is 3. The van der Waals surface area contributed by atoms with Crippen molar-refractivity contribution in [3.63, 3.8) is 0 Å². The van der Waals surface area contributed by atoms with Crippen LogP contribution >= 0.6 is 15.9 Å². The third-order valence-electron chi connectivity index (χ3n) is 3.09. The van der Waals surface area contributed by atoms with Crippen molar-refractivity contribution in [3.05, 3.63) is 28.2 Å². The predicted molar refractivity (Wildman–Crippen MR) is 87.1 cm³/mol. The zero-order valence-electron chi connectivity index (χ0n) is 13.2. The van der Waals surface area contributed by atoms with Gasteiger partial charge in [-0.1, -0.05) is 6.07 Å². The summed E-state index contributed by atoms with van der Waals surface area (Å²) in [6.45, 7) is 9.57. The predicted octanol–water partition coefficient (Wildman–Crippen LogP) is 3.60. The Morgan fingerprint density at radius 3 is 2.64 bits per heavy atom. The number of halogens is 1. The van der Waals surface area contributed by atoms with Gasteiger partial charge >= 0.3 is 6.16 Å². The van der Waals surface area contributed by atoms with E-state index in [1.54, 1.807) is 20.8 Å². The molecule has 0 atom stereocenters. The van der Waals surface area contributed by atoms with Gasteiger partial charge in [-0.2, -0.15) is 0 Å². The second-order valence-electron chi connectivity index (χ2n) is 6.22. The van der Waals surface area contributed by atoms with E-state index in [-0.39, 0.29) is 0 Å². The van der Waals surface area contributed by atoms with Gasteiger partial charge in [0.2, 0.25) is 0 Å². The summed E-state index contributed by atoms with van der Waals surface area (Å²) in [5.74, 6) is 0.472. The Kier molecular flexibility index (Phi) is 5.83. The highest BCUT2D eigenvalue weighted by Gasteiger charge is 2.19. The summed E-state index contributed by atoms with van der Waals surface area (Å²) in [5, 5.41) is 0. The highest BCUT2D eigenvalue weighted by Crippen LogP contribution is 2.27. The lowest BCUT2D eigenvalue weighted by atomic mass is 10.2. The topological polar surface area (TPSA) is 48.0 Å². The molecule has 1 saturated heterocycles. The van der Waals surface area contributed by atoms with Crippen LogP contribution in [0.3, 0.4) is 0 Å². The highest BCUT2D eigenvalue weighted by atomic mass is 79.9. The third-order valence-corrected chi connectivity index (χ3v) is 3.74. The summed E-state index contributed by atoms with van der Waals surface area (Å²) in [6.07, 6.45) is -0.697. The van der Waals surface area contributed by atoms with Crippen LogP contribution < -0.4 is 4.74 Å². The second-order valence-corrected chi connectivity index (χ2v) is 7.07. The van der Waals surface area contributed by atoms with E-state index in [9.17, 15) is 4.79 Å². The number of nitrogens with zero attached hydrogens (tertiary/aromatic N) is 1. The van der Waals surface area contributed by atoms with Gasteiger partial charge in [0.25, 0.3) is 0 Å². The lowest BCUT2D eigenvalue weighted by Crippen LogP contribution is -2.35. The van der Waals surface area contributed by atoms with Crippen LogP contribution in [0.2, 0.25) is 0 Å². The molecule has 0 N–H and O–H groups in total. The maximum Gasteiger partial charge on any atom is 0.514 e. The summed E-state index contributed by atoms with van der Waals surface area (Å²) in [7, 11) is 0. The van der Waals surface area contributed by atoms with Gasteiger partial charge in [0.05, 0.1) is 17.7 Å². The summed E-state index contributed by atoms with van der Waals surface area (Å²) in [4.78, 5) is 14.1. The molecule has 1 aromatic rings. The Labute approximate surface area is 139 Å². The zero-order valence-corrected chi connectivity index (χ0v) is 14.8. The van der Waals surface area contributed by atoms with Gasteiger partial charge in [0, 0.05) is 19.6 Å². The van der Waals surface area contributed by atoms with Crippen molar-refractivity contribution in [1.82, 2.24) is 4.90 Å². The molecular formula is C16H22BrNO4. The molecule has 0 aromatic heterocycles. The van der Waals surface area contributed by atoms with E-state index in [4.69, 9.17) is 14.2 Å². The van der Waals surface area contributed by atoms with Crippen molar-refractivity contribution >= 4 is 22.1 Å². The van der Waals surface area contributed by atoms with Crippen LogP contribution in [0.4, 0.5) is 4.79 Å². The molecule has 5 nitrogen and oxygen atoms in total. The quantitative estimate of drug-likeness (QED) is 0.600. The average Bonchev–Trinajstić information content (AvgIpc) is 2.41. The minimum Gasteiger partial charge on any atom is -0.428 e. The lowest BCUT2D eigenvalue weighted by molar-refractivity contribution is 0.0204. The molecule has 0 bridgehead atoms. The van der Waals surface area contributed by atoms with E-state index in [0.717, 1.165) is 42.9 Å². The van der Waals surface area contributed by atoms with Gasteiger partial charge in [-0.25, -0.2) is 4.79 Å². The maximum atomic E-state index is 11.8. The first-order chi connectivity index (χ1) is 10.3. The van der Waals surface area contributed by atoms with E-state index in [0.29, 0.717) is 5.75 Å². The number of rotatable bonds is 3. The first-order valence-electron chi connectivity index (χ1n) is 7.33. The Hall–Kier alpha value is -1.11. The molecule has 0 spiro atoms. The molecule has 2 rings (SSSR count). The van der Waals surface area contributed by atoms with Crippen molar-refractivity contribution in [2.75, 3.05) is 26.3 Å². The van der Waals surface area contributed by atoms with E-state index >= 15 is 0 Å². The Bertz CT molecular complexity index is 521. The number of hydrogen-bond acceptors (Lipinski definition) is 5. The number of hydrogen-bond donors (Lipinski definition) is 0. The fourth-order valence-corrected chi connectivity index (χ4v) is 2.43. The van der Waals surface area contributed by atoms with Crippen LogP contribution in [0.1, 0.15) is 26.3 Å². The SMILES string of the molecule is CC(C)(C)OC(=O)Oc1cc(CN2CCOCC2)ccc1Br. The van der Waals surface area contributed by atoms with Crippen LogP contribution in [0.25, 0.3) is 0 Å². The Morgan fingerprint density at radius 1 is 1.32 bits per heavy atom. The summed E-state index contributed by atoms with van der Waals surface area (Å²) in [6, 6.07) is 5.76. The molecule has 0 saturated carbocycles. The maximum absolute atomic E-state index is 11.8. The highest BCUT2D eigenvalue weighted by molar-refractivity contribution is 9.10. The Morgan fingerprint density at radius 2 is 2.00 bits per heavy atom. The van der Waals surface area contributed by atoms with E-state index < -0.39 is 11.8 Å². The molecule has 1 aromatic carbocycles. The summed E-state index contributed by atoms with van der Waals surface area (Å²) >= 11 is 3.40. The molecule has 0 aliphatic carbocycles. The van der Waals surface area contributed by atoms with E-state index in [2.05, 4.69) is 20.8 Å². The Balaban J connectivity index is 2.01. The van der Waals surface area contributed by atoms with Crippen molar-refractivity contribution < 1.29 is 19.0 Å². The largest absolute Gasteiger partial charge is 0.514 e. The van der Waals surface area contributed by atoms with Crippen molar-refractivity contribution in [1.29, 1.82) is 0 Å².